The van der Waals surface area contributed by atoms with Gasteiger partial charge in [-0.25, -0.2) is 9.18 Å². The maximum atomic E-state index is 14.6. The minimum absolute atomic E-state index is 0.0823. The zero-order chi connectivity index (χ0) is 28.4. The molecule has 0 unspecified atom stereocenters. The highest BCUT2D eigenvalue weighted by Gasteiger charge is 2.32. The number of benzene rings is 3. The molecule has 204 valence electrons. The average molecular weight is 563 g/mol. The van der Waals surface area contributed by atoms with Gasteiger partial charge in [-0.2, -0.15) is 5.10 Å². The fourth-order valence-electron chi connectivity index (χ4n) is 4.57. The fourth-order valence-corrected chi connectivity index (χ4v) is 4.75. The summed E-state index contributed by atoms with van der Waals surface area (Å²) in [4.78, 5) is 40.1. The number of aromatic nitrogens is 2. The zero-order valence-electron chi connectivity index (χ0n) is 21.6. The van der Waals surface area contributed by atoms with Gasteiger partial charge < -0.3 is 19.7 Å². The second-order valence-electron chi connectivity index (χ2n) is 9.10. The van der Waals surface area contributed by atoms with Gasteiger partial charge in [0.05, 0.1) is 18.4 Å². The Bertz CT molecular complexity index is 1640. The summed E-state index contributed by atoms with van der Waals surface area (Å²) in [5.41, 5.74) is 2.79. The van der Waals surface area contributed by atoms with E-state index in [1.807, 2.05) is 0 Å². The number of aryl methyl sites for hydroxylation is 1. The van der Waals surface area contributed by atoms with Crippen LogP contribution in [0.25, 0.3) is 11.3 Å². The van der Waals surface area contributed by atoms with Crippen molar-refractivity contribution in [3.8, 4) is 17.0 Å². The lowest BCUT2D eigenvalue weighted by Crippen LogP contribution is -2.38. The highest BCUT2D eigenvalue weighted by molar-refractivity contribution is 6.31. The first-order valence-corrected chi connectivity index (χ1v) is 12.6. The molecule has 11 heteroatoms. The largest absolute Gasteiger partial charge is 0.488 e. The summed E-state index contributed by atoms with van der Waals surface area (Å²) in [6.45, 7) is -0.515. The quantitative estimate of drug-likeness (QED) is 0.323. The molecule has 0 bridgehead atoms. The smallest absolute Gasteiger partial charge is 0.337 e. The van der Waals surface area contributed by atoms with Crippen molar-refractivity contribution in [2.75, 3.05) is 19.0 Å². The third-order valence-corrected chi connectivity index (χ3v) is 6.66. The number of esters is 1. The molecule has 1 N–H and O–H groups in total. The van der Waals surface area contributed by atoms with Gasteiger partial charge in [-0.3, -0.25) is 14.3 Å². The van der Waals surface area contributed by atoms with Gasteiger partial charge in [0.25, 0.3) is 5.91 Å². The SMILES string of the molecule is COC(=O)c1cccc(NC(=O)CN(Cc2ccccc2F)C(=O)c2nn(C)c3c2COc2ccc(Cl)cc2-3)c1. The van der Waals surface area contributed by atoms with E-state index < -0.39 is 30.1 Å². The van der Waals surface area contributed by atoms with Crippen LogP contribution < -0.4 is 10.1 Å². The molecule has 0 saturated carbocycles. The van der Waals surface area contributed by atoms with E-state index in [1.54, 1.807) is 66.3 Å². The Morgan fingerprint density at radius 3 is 2.70 bits per heavy atom. The van der Waals surface area contributed by atoms with Crippen molar-refractivity contribution >= 4 is 35.1 Å². The molecule has 40 heavy (non-hydrogen) atoms. The molecule has 9 nitrogen and oxygen atoms in total. The minimum Gasteiger partial charge on any atom is -0.488 e. The van der Waals surface area contributed by atoms with Gasteiger partial charge in [0, 0.05) is 41.0 Å². The fraction of sp³-hybridized carbons (Fsp3) is 0.172. The van der Waals surface area contributed by atoms with Crippen molar-refractivity contribution in [1.29, 1.82) is 0 Å². The average Bonchev–Trinajstić information content (AvgIpc) is 3.29. The zero-order valence-corrected chi connectivity index (χ0v) is 22.4. The Labute approximate surface area is 234 Å². The Balaban J connectivity index is 1.46. The molecule has 0 radical (unpaired) electrons. The first-order valence-electron chi connectivity index (χ1n) is 12.2. The summed E-state index contributed by atoms with van der Waals surface area (Å²) >= 11 is 6.21. The van der Waals surface area contributed by atoms with Crippen LogP contribution in [0.4, 0.5) is 10.1 Å². The van der Waals surface area contributed by atoms with Crippen LogP contribution in [0.15, 0.2) is 66.7 Å². The summed E-state index contributed by atoms with van der Waals surface area (Å²) in [7, 11) is 2.96. The van der Waals surface area contributed by atoms with E-state index in [1.165, 1.54) is 24.1 Å². The van der Waals surface area contributed by atoms with Crippen LogP contribution in [-0.2, 0) is 29.7 Å². The first-order chi connectivity index (χ1) is 19.2. The maximum absolute atomic E-state index is 14.6. The van der Waals surface area contributed by atoms with E-state index in [9.17, 15) is 18.8 Å². The molecule has 0 spiro atoms. The van der Waals surface area contributed by atoms with Crippen LogP contribution in [0, 0.1) is 5.82 Å². The number of rotatable bonds is 7. The van der Waals surface area contributed by atoms with E-state index in [4.69, 9.17) is 21.1 Å². The molecule has 3 aromatic carbocycles. The number of anilines is 1. The second-order valence-corrected chi connectivity index (χ2v) is 9.54. The molecule has 0 fully saturated rings. The number of ether oxygens (including phenoxy) is 2. The molecule has 1 aliphatic rings. The molecule has 4 aromatic rings. The highest BCUT2D eigenvalue weighted by atomic mass is 35.5. The number of hydrogen-bond donors (Lipinski definition) is 1. The summed E-state index contributed by atoms with van der Waals surface area (Å²) < 4.78 is 26.8. The minimum atomic E-state index is -0.576. The summed E-state index contributed by atoms with van der Waals surface area (Å²) in [6, 6.07) is 17.4. The van der Waals surface area contributed by atoms with Crippen LogP contribution in [0.5, 0.6) is 5.75 Å². The standard InChI is InChI=1S/C29H24ClFN4O5/c1-34-27-21-13-19(30)10-11-24(21)40-16-22(27)26(33-34)28(37)35(14-18-6-3-4-9-23(18)31)15-25(36)32-20-8-5-7-17(12-20)29(38)39-2/h3-13H,14-16H2,1-2H3,(H,32,36). The highest BCUT2D eigenvalue weighted by Crippen LogP contribution is 2.40. The molecule has 0 saturated heterocycles. The van der Waals surface area contributed by atoms with Crippen molar-refractivity contribution in [2.24, 2.45) is 7.05 Å². The summed E-state index contributed by atoms with van der Waals surface area (Å²) in [6.07, 6.45) is 0. The molecule has 0 atom stereocenters. The first kappa shape index (κ1) is 26.9. The van der Waals surface area contributed by atoms with Crippen LogP contribution in [-0.4, -0.2) is 46.1 Å². The molecular formula is C29H24ClFN4O5. The van der Waals surface area contributed by atoms with Gasteiger partial charge in [-0.1, -0.05) is 35.9 Å². The molecule has 0 aliphatic carbocycles. The molecule has 1 aliphatic heterocycles. The van der Waals surface area contributed by atoms with Crippen molar-refractivity contribution in [2.45, 2.75) is 13.2 Å². The van der Waals surface area contributed by atoms with Crippen LogP contribution in [0.2, 0.25) is 5.02 Å². The third kappa shape index (κ3) is 5.39. The molecule has 5 rings (SSSR count). The number of methoxy groups -OCH3 is 1. The molecule has 2 heterocycles. The van der Waals surface area contributed by atoms with Crippen LogP contribution in [0.3, 0.4) is 0 Å². The Morgan fingerprint density at radius 2 is 1.93 bits per heavy atom. The predicted molar refractivity (Wildman–Crippen MR) is 146 cm³/mol. The number of amides is 2. The summed E-state index contributed by atoms with van der Waals surface area (Å²) in [5, 5.41) is 7.65. The van der Waals surface area contributed by atoms with Crippen LogP contribution in [0.1, 0.15) is 32.0 Å². The molecule has 2 amide bonds. The Kier molecular flexibility index (Phi) is 7.52. The normalized spacial score (nSPS) is 11.6. The number of nitrogens with zero attached hydrogens (tertiary/aromatic N) is 3. The lowest BCUT2D eigenvalue weighted by Gasteiger charge is -2.23. The van der Waals surface area contributed by atoms with Gasteiger partial charge in [0.15, 0.2) is 5.69 Å². The Morgan fingerprint density at radius 1 is 1.12 bits per heavy atom. The second kappa shape index (κ2) is 11.2. The van der Waals surface area contributed by atoms with Gasteiger partial charge in [-0.05, 0) is 42.5 Å². The van der Waals surface area contributed by atoms with E-state index in [2.05, 4.69) is 10.4 Å². The van der Waals surface area contributed by atoms with E-state index in [0.29, 0.717) is 33.3 Å². The molecular weight excluding hydrogens is 539 g/mol. The summed E-state index contributed by atoms with van der Waals surface area (Å²) in [5.74, 6) is -1.59. The van der Waals surface area contributed by atoms with Gasteiger partial charge in [0.1, 0.15) is 24.7 Å². The number of fused-ring (bicyclic) bond motifs is 3. The number of carbonyl (C=O) groups excluding carboxylic acids is 3. The number of hydrogen-bond acceptors (Lipinski definition) is 6. The number of carbonyl (C=O) groups is 3. The van der Waals surface area contributed by atoms with Gasteiger partial charge in [0.2, 0.25) is 5.91 Å². The predicted octanol–water partition coefficient (Wildman–Crippen LogP) is 4.84. The van der Waals surface area contributed by atoms with Gasteiger partial charge >= 0.3 is 5.97 Å². The third-order valence-electron chi connectivity index (χ3n) is 6.42. The molecule has 1 aromatic heterocycles. The number of halogens is 2. The van der Waals surface area contributed by atoms with Gasteiger partial charge in [-0.15, -0.1) is 0 Å². The van der Waals surface area contributed by atoms with E-state index in [0.717, 1.165) is 0 Å². The van der Waals surface area contributed by atoms with Crippen molar-refractivity contribution in [1.82, 2.24) is 14.7 Å². The van der Waals surface area contributed by atoms with E-state index in [-0.39, 0.29) is 30.0 Å². The lowest BCUT2D eigenvalue weighted by atomic mass is 10.0. The number of nitrogens with one attached hydrogen (secondary N) is 1. The monoisotopic (exact) mass is 562 g/mol. The van der Waals surface area contributed by atoms with Crippen molar-refractivity contribution in [3.05, 3.63) is 100.0 Å². The van der Waals surface area contributed by atoms with Crippen LogP contribution >= 0.6 is 11.6 Å². The lowest BCUT2D eigenvalue weighted by molar-refractivity contribution is -0.117. The van der Waals surface area contributed by atoms with Crippen molar-refractivity contribution in [3.63, 3.8) is 0 Å². The maximum Gasteiger partial charge on any atom is 0.337 e. The topological polar surface area (TPSA) is 103 Å². The van der Waals surface area contributed by atoms with Crippen molar-refractivity contribution < 1.29 is 28.2 Å². The Hall–Kier alpha value is -4.70. The van der Waals surface area contributed by atoms with E-state index >= 15 is 0 Å².